The molecular formula is C30H43N3O8S. The van der Waals surface area contributed by atoms with Crippen LogP contribution in [0.2, 0.25) is 0 Å². The second-order valence-electron chi connectivity index (χ2n) is 10.7. The Kier molecular flexibility index (Phi) is 13.2. The number of carbonyl (C=O) groups is 2. The van der Waals surface area contributed by atoms with Crippen LogP contribution in [-0.2, 0) is 35.4 Å². The number of aliphatic hydroxyl groups excluding tert-OH is 1. The minimum Gasteiger partial charge on any atom is -0.444 e. The number of nitrogens with zero attached hydrogens (tertiary/aromatic N) is 1. The summed E-state index contributed by atoms with van der Waals surface area (Å²) in [6.07, 6.45) is -0.646. The van der Waals surface area contributed by atoms with Gasteiger partial charge in [0.05, 0.1) is 30.3 Å². The molecule has 3 atom stereocenters. The van der Waals surface area contributed by atoms with E-state index in [0.717, 1.165) is 12.0 Å². The highest BCUT2D eigenvalue weighted by atomic mass is 32.2. The molecule has 1 fully saturated rings. The second-order valence-corrected chi connectivity index (χ2v) is 12.7. The summed E-state index contributed by atoms with van der Waals surface area (Å²) in [4.78, 5) is 24.8. The van der Waals surface area contributed by atoms with Crippen molar-refractivity contribution >= 4 is 27.7 Å². The maximum absolute atomic E-state index is 13.7. The van der Waals surface area contributed by atoms with Crippen molar-refractivity contribution in [1.82, 2.24) is 9.62 Å². The molecule has 1 aliphatic heterocycles. The minimum absolute atomic E-state index is 0.0174. The summed E-state index contributed by atoms with van der Waals surface area (Å²) in [7, 11) is -4.03. The number of amides is 2. The Balaban J connectivity index is 1.75. The Morgan fingerprint density at radius 3 is 2.43 bits per heavy atom. The smallest absolute Gasteiger partial charge is 0.407 e. The highest BCUT2D eigenvalue weighted by Gasteiger charge is 2.32. The number of anilines is 1. The van der Waals surface area contributed by atoms with Crippen LogP contribution in [0.5, 0.6) is 0 Å². The Bertz CT molecular complexity index is 1220. The Labute approximate surface area is 248 Å². The van der Waals surface area contributed by atoms with Crippen LogP contribution in [0.1, 0.15) is 39.2 Å². The lowest BCUT2D eigenvalue weighted by Crippen LogP contribution is -2.51. The molecule has 2 aromatic carbocycles. The molecular weight excluding hydrogens is 562 g/mol. The van der Waals surface area contributed by atoms with Crippen LogP contribution in [0.4, 0.5) is 10.5 Å². The van der Waals surface area contributed by atoms with E-state index < -0.39 is 28.3 Å². The van der Waals surface area contributed by atoms with Crippen molar-refractivity contribution in [1.29, 1.82) is 0 Å². The zero-order valence-electron chi connectivity index (χ0n) is 24.5. The van der Waals surface area contributed by atoms with Crippen molar-refractivity contribution in [2.45, 2.75) is 63.2 Å². The van der Waals surface area contributed by atoms with E-state index in [1.807, 2.05) is 51.1 Å². The SMILES string of the molecule is CCCOCC(=O)Nc1ccc(S(=O)(=O)N(CC(C)C)C[C@@H](O)[C@H](Cc2ccccc2)NC(=O)O[C@H]2CCOC2)cc1. The Hall–Kier alpha value is -3.03. The fourth-order valence-electron chi connectivity index (χ4n) is 4.47. The number of hydrogen-bond acceptors (Lipinski definition) is 8. The maximum atomic E-state index is 13.7. The normalized spacial score (nSPS) is 16.8. The summed E-state index contributed by atoms with van der Waals surface area (Å²) in [5, 5.41) is 16.8. The molecule has 11 nitrogen and oxygen atoms in total. The quantitative estimate of drug-likeness (QED) is 0.248. The standard InChI is InChI=1S/C30H43N3O8S/c1-4-15-39-21-29(35)31-24-10-12-26(13-11-24)42(37,38)33(18-22(2)3)19-28(34)27(17-23-8-6-5-7-9-23)32-30(36)41-25-14-16-40-20-25/h5-13,22,25,27-28,34H,4,14-21H2,1-3H3,(H,31,35)(H,32,36)/t25-,27-,28+/m0/s1. The average Bonchev–Trinajstić information content (AvgIpc) is 3.46. The first-order valence-corrected chi connectivity index (χ1v) is 15.8. The van der Waals surface area contributed by atoms with E-state index in [4.69, 9.17) is 14.2 Å². The number of carbonyl (C=O) groups excluding carboxylic acids is 2. The molecule has 1 aliphatic rings. The van der Waals surface area contributed by atoms with Crippen molar-refractivity contribution in [3.05, 3.63) is 60.2 Å². The van der Waals surface area contributed by atoms with E-state index >= 15 is 0 Å². The van der Waals surface area contributed by atoms with E-state index in [1.165, 1.54) is 28.6 Å². The van der Waals surface area contributed by atoms with Crippen LogP contribution in [0.25, 0.3) is 0 Å². The fourth-order valence-corrected chi connectivity index (χ4v) is 6.09. The van der Waals surface area contributed by atoms with Crippen LogP contribution in [0.15, 0.2) is 59.5 Å². The van der Waals surface area contributed by atoms with Crippen molar-refractivity contribution < 1.29 is 37.3 Å². The summed E-state index contributed by atoms with van der Waals surface area (Å²) in [5.74, 6) is -0.374. The third kappa shape index (κ3) is 10.7. The molecule has 3 N–H and O–H groups in total. The summed E-state index contributed by atoms with van der Waals surface area (Å²) < 4.78 is 44.6. The van der Waals surface area contributed by atoms with Gasteiger partial charge in [-0.1, -0.05) is 51.1 Å². The summed E-state index contributed by atoms with van der Waals surface area (Å²) in [6, 6.07) is 14.3. The lowest BCUT2D eigenvalue weighted by molar-refractivity contribution is -0.120. The van der Waals surface area contributed by atoms with Gasteiger partial charge in [-0.2, -0.15) is 4.31 Å². The first-order valence-electron chi connectivity index (χ1n) is 14.3. The van der Waals surface area contributed by atoms with E-state index in [2.05, 4.69) is 10.6 Å². The van der Waals surface area contributed by atoms with Gasteiger partial charge in [-0.05, 0) is 48.6 Å². The number of hydrogen-bond donors (Lipinski definition) is 3. The van der Waals surface area contributed by atoms with E-state index in [9.17, 15) is 23.1 Å². The third-order valence-corrected chi connectivity index (χ3v) is 8.39. The van der Waals surface area contributed by atoms with E-state index in [-0.39, 0.29) is 48.9 Å². The predicted molar refractivity (Wildman–Crippen MR) is 159 cm³/mol. The molecule has 0 bridgehead atoms. The molecule has 0 aromatic heterocycles. The summed E-state index contributed by atoms with van der Waals surface area (Å²) >= 11 is 0. The fraction of sp³-hybridized carbons (Fsp3) is 0.533. The van der Waals surface area contributed by atoms with Gasteiger partial charge in [0.1, 0.15) is 12.7 Å². The predicted octanol–water partition coefficient (Wildman–Crippen LogP) is 3.19. The van der Waals surface area contributed by atoms with Gasteiger partial charge in [0.2, 0.25) is 15.9 Å². The van der Waals surface area contributed by atoms with Gasteiger partial charge >= 0.3 is 6.09 Å². The number of alkyl carbamates (subject to hydrolysis) is 1. The number of aliphatic hydroxyl groups is 1. The van der Waals surface area contributed by atoms with Gasteiger partial charge in [0.25, 0.3) is 0 Å². The largest absolute Gasteiger partial charge is 0.444 e. The van der Waals surface area contributed by atoms with Crippen LogP contribution < -0.4 is 10.6 Å². The molecule has 12 heteroatoms. The molecule has 0 unspecified atom stereocenters. The molecule has 1 heterocycles. The van der Waals surface area contributed by atoms with E-state index in [0.29, 0.717) is 31.9 Å². The molecule has 2 amide bonds. The molecule has 0 aliphatic carbocycles. The van der Waals surface area contributed by atoms with Gasteiger partial charge in [-0.15, -0.1) is 0 Å². The van der Waals surface area contributed by atoms with Crippen molar-refractivity contribution in [2.75, 3.05) is 44.8 Å². The van der Waals surface area contributed by atoms with Gasteiger partial charge in [-0.25, -0.2) is 13.2 Å². The monoisotopic (exact) mass is 605 g/mol. The topological polar surface area (TPSA) is 143 Å². The van der Waals surface area contributed by atoms with Crippen molar-refractivity contribution in [3.63, 3.8) is 0 Å². The first-order chi connectivity index (χ1) is 20.1. The van der Waals surface area contributed by atoms with E-state index in [1.54, 1.807) is 0 Å². The zero-order chi connectivity index (χ0) is 30.5. The average molecular weight is 606 g/mol. The van der Waals surface area contributed by atoms with Gasteiger partial charge < -0.3 is 30.0 Å². The molecule has 232 valence electrons. The minimum atomic E-state index is -4.03. The number of sulfonamides is 1. The number of benzene rings is 2. The lowest BCUT2D eigenvalue weighted by Gasteiger charge is -2.30. The number of nitrogens with one attached hydrogen (secondary N) is 2. The van der Waals surface area contributed by atoms with Crippen LogP contribution >= 0.6 is 0 Å². The number of rotatable bonds is 16. The van der Waals surface area contributed by atoms with Crippen LogP contribution in [0, 0.1) is 5.92 Å². The highest BCUT2D eigenvalue weighted by molar-refractivity contribution is 7.89. The molecule has 1 saturated heterocycles. The van der Waals surface area contributed by atoms with Gasteiger partial charge in [0, 0.05) is 31.8 Å². The number of ether oxygens (including phenoxy) is 3. The summed E-state index contributed by atoms with van der Waals surface area (Å²) in [6.45, 7) is 6.82. The highest BCUT2D eigenvalue weighted by Crippen LogP contribution is 2.21. The Morgan fingerprint density at radius 2 is 1.81 bits per heavy atom. The van der Waals surface area contributed by atoms with Crippen molar-refractivity contribution in [3.8, 4) is 0 Å². The van der Waals surface area contributed by atoms with Crippen LogP contribution in [0.3, 0.4) is 0 Å². The third-order valence-electron chi connectivity index (χ3n) is 6.54. The molecule has 42 heavy (non-hydrogen) atoms. The van der Waals surface area contributed by atoms with Gasteiger partial charge in [0.15, 0.2) is 0 Å². The molecule has 3 rings (SSSR count). The summed E-state index contributed by atoms with van der Waals surface area (Å²) in [5.41, 5.74) is 1.30. The molecule has 0 saturated carbocycles. The first kappa shape index (κ1) is 33.5. The van der Waals surface area contributed by atoms with Crippen molar-refractivity contribution in [2.24, 2.45) is 5.92 Å². The molecule has 2 aromatic rings. The lowest BCUT2D eigenvalue weighted by atomic mass is 10.0. The van der Waals surface area contributed by atoms with Gasteiger partial charge in [-0.3, -0.25) is 4.79 Å². The molecule has 0 radical (unpaired) electrons. The molecule has 0 spiro atoms. The Morgan fingerprint density at radius 1 is 1.10 bits per heavy atom. The second kappa shape index (κ2) is 16.6. The maximum Gasteiger partial charge on any atom is 0.407 e. The zero-order valence-corrected chi connectivity index (χ0v) is 25.3. The van der Waals surface area contributed by atoms with Crippen LogP contribution in [-0.4, -0.2) is 87.6 Å².